The van der Waals surface area contributed by atoms with E-state index < -0.39 is 0 Å². The maximum Gasteiger partial charge on any atom is 0.162 e. The van der Waals surface area contributed by atoms with Crippen LogP contribution in [0.5, 0.6) is 0 Å². The predicted molar refractivity (Wildman–Crippen MR) is 111 cm³/mol. The van der Waals surface area contributed by atoms with Crippen LogP contribution in [0.1, 0.15) is 31.7 Å². The van der Waals surface area contributed by atoms with Gasteiger partial charge in [-0.1, -0.05) is 6.92 Å². The first kappa shape index (κ1) is 17.5. The summed E-state index contributed by atoms with van der Waals surface area (Å²) >= 11 is 0. The summed E-state index contributed by atoms with van der Waals surface area (Å²) in [5.41, 5.74) is 3.63. The molecule has 0 amide bonds. The zero-order chi connectivity index (χ0) is 19.0. The van der Waals surface area contributed by atoms with Crippen LogP contribution in [0, 0.1) is 5.41 Å². The molecule has 144 valence electrons. The number of hydrogen-bond acceptors (Lipinski definition) is 6. The van der Waals surface area contributed by atoms with Gasteiger partial charge in [-0.25, -0.2) is 9.97 Å². The van der Waals surface area contributed by atoms with E-state index >= 15 is 0 Å². The highest BCUT2D eigenvalue weighted by Crippen LogP contribution is 2.39. The molecule has 28 heavy (non-hydrogen) atoms. The molecule has 5 rings (SSSR count). The Hall–Kier alpha value is -2.60. The lowest BCUT2D eigenvalue weighted by Gasteiger charge is -2.40. The standard InChI is InChI=1S/C22H26N6/c1-2-16-13-25-14-18-19(16)21(27-20(26-18)17-3-8-23-9-4-17)28-11-6-22(7-12-28)5-10-24-15-22/h3-4,8-9,13-14,24H,2,5-7,10-12,15H2,1H3. The molecular formula is C22H26N6. The second-order valence-corrected chi connectivity index (χ2v) is 8.07. The summed E-state index contributed by atoms with van der Waals surface area (Å²) in [5.74, 6) is 1.82. The molecule has 0 aliphatic carbocycles. The Morgan fingerprint density at radius 1 is 1.04 bits per heavy atom. The number of aromatic nitrogens is 4. The molecule has 0 saturated carbocycles. The maximum absolute atomic E-state index is 5.06. The number of anilines is 1. The molecule has 5 heterocycles. The van der Waals surface area contributed by atoms with Crippen molar-refractivity contribution < 1.29 is 0 Å². The fourth-order valence-electron chi connectivity index (χ4n) is 4.67. The topological polar surface area (TPSA) is 66.8 Å². The molecular weight excluding hydrogens is 348 g/mol. The highest BCUT2D eigenvalue weighted by molar-refractivity contribution is 5.93. The van der Waals surface area contributed by atoms with Crippen molar-refractivity contribution in [1.29, 1.82) is 0 Å². The quantitative estimate of drug-likeness (QED) is 0.759. The Morgan fingerprint density at radius 2 is 1.86 bits per heavy atom. The molecule has 2 aliphatic rings. The molecule has 0 unspecified atom stereocenters. The zero-order valence-corrected chi connectivity index (χ0v) is 16.4. The van der Waals surface area contributed by atoms with Gasteiger partial charge in [0.2, 0.25) is 0 Å². The van der Waals surface area contributed by atoms with Crippen molar-refractivity contribution in [2.75, 3.05) is 31.1 Å². The van der Waals surface area contributed by atoms with Gasteiger partial charge in [0, 0.05) is 49.2 Å². The molecule has 1 spiro atoms. The van der Waals surface area contributed by atoms with Gasteiger partial charge in [0.1, 0.15) is 5.82 Å². The van der Waals surface area contributed by atoms with Crippen LogP contribution in [0.3, 0.4) is 0 Å². The monoisotopic (exact) mass is 374 g/mol. The van der Waals surface area contributed by atoms with Gasteiger partial charge < -0.3 is 10.2 Å². The van der Waals surface area contributed by atoms with Crippen molar-refractivity contribution in [3.63, 3.8) is 0 Å². The summed E-state index contributed by atoms with van der Waals surface area (Å²) < 4.78 is 0. The van der Waals surface area contributed by atoms with Crippen LogP contribution >= 0.6 is 0 Å². The van der Waals surface area contributed by atoms with Crippen molar-refractivity contribution >= 4 is 16.7 Å². The number of piperidine rings is 1. The molecule has 3 aromatic rings. The third-order valence-electron chi connectivity index (χ3n) is 6.44. The first-order valence-electron chi connectivity index (χ1n) is 10.3. The van der Waals surface area contributed by atoms with Gasteiger partial charge in [-0.15, -0.1) is 0 Å². The Bertz CT molecular complexity index is 971. The number of nitrogens with one attached hydrogen (secondary N) is 1. The second-order valence-electron chi connectivity index (χ2n) is 8.07. The molecule has 6 nitrogen and oxygen atoms in total. The lowest BCUT2D eigenvalue weighted by Crippen LogP contribution is -2.41. The number of nitrogens with zero attached hydrogens (tertiary/aromatic N) is 5. The van der Waals surface area contributed by atoms with E-state index in [0.717, 1.165) is 60.7 Å². The molecule has 2 aliphatic heterocycles. The van der Waals surface area contributed by atoms with Crippen LogP contribution in [-0.2, 0) is 6.42 Å². The fraction of sp³-hybridized carbons (Fsp3) is 0.455. The van der Waals surface area contributed by atoms with E-state index in [0.29, 0.717) is 5.41 Å². The Balaban J connectivity index is 1.59. The molecule has 6 heteroatoms. The average Bonchev–Trinajstić information content (AvgIpc) is 3.21. The Morgan fingerprint density at radius 3 is 2.57 bits per heavy atom. The Labute approximate surface area is 165 Å². The van der Waals surface area contributed by atoms with Gasteiger partial charge in [0.15, 0.2) is 5.82 Å². The lowest BCUT2D eigenvalue weighted by atomic mass is 9.78. The molecule has 2 saturated heterocycles. The number of hydrogen-bond donors (Lipinski definition) is 1. The summed E-state index contributed by atoms with van der Waals surface area (Å²) in [5, 5.41) is 4.72. The van der Waals surface area contributed by atoms with E-state index in [-0.39, 0.29) is 0 Å². The van der Waals surface area contributed by atoms with Crippen molar-refractivity contribution in [1.82, 2.24) is 25.3 Å². The molecule has 0 atom stereocenters. The van der Waals surface area contributed by atoms with Gasteiger partial charge in [0.25, 0.3) is 0 Å². The van der Waals surface area contributed by atoms with E-state index in [1.54, 1.807) is 12.4 Å². The fourth-order valence-corrected chi connectivity index (χ4v) is 4.67. The largest absolute Gasteiger partial charge is 0.356 e. The molecule has 0 bridgehead atoms. The Kier molecular flexibility index (Phi) is 4.43. The van der Waals surface area contributed by atoms with E-state index in [1.165, 1.54) is 24.8 Å². The van der Waals surface area contributed by atoms with Gasteiger partial charge in [0.05, 0.1) is 11.7 Å². The minimum absolute atomic E-state index is 0.488. The third kappa shape index (κ3) is 3.02. The van der Waals surface area contributed by atoms with Gasteiger partial charge >= 0.3 is 0 Å². The molecule has 0 radical (unpaired) electrons. The molecule has 1 N–H and O–H groups in total. The first-order chi connectivity index (χ1) is 13.8. The minimum atomic E-state index is 0.488. The van der Waals surface area contributed by atoms with E-state index in [2.05, 4.69) is 27.1 Å². The van der Waals surface area contributed by atoms with Crippen molar-refractivity contribution in [2.45, 2.75) is 32.6 Å². The summed E-state index contributed by atoms with van der Waals surface area (Å²) in [6.45, 7) is 6.60. The summed E-state index contributed by atoms with van der Waals surface area (Å²) in [4.78, 5) is 20.9. The minimum Gasteiger partial charge on any atom is -0.356 e. The van der Waals surface area contributed by atoms with Gasteiger partial charge in [-0.2, -0.15) is 0 Å². The maximum atomic E-state index is 5.06. The molecule has 2 fully saturated rings. The summed E-state index contributed by atoms with van der Waals surface area (Å²) in [6, 6.07) is 3.94. The van der Waals surface area contributed by atoms with E-state index in [9.17, 15) is 0 Å². The van der Waals surface area contributed by atoms with Crippen molar-refractivity contribution in [3.05, 3.63) is 42.5 Å². The number of aryl methyl sites for hydroxylation is 1. The summed E-state index contributed by atoms with van der Waals surface area (Å²) in [6.07, 6.45) is 12.1. The van der Waals surface area contributed by atoms with E-state index in [1.807, 2.05) is 24.5 Å². The third-order valence-corrected chi connectivity index (χ3v) is 6.44. The number of pyridine rings is 2. The second kappa shape index (κ2) is 7.09. The normalized spacial score (nSPS) is 18.8. The molecule has 0 aromatic carbocycles. The zero-order valence-electron chi connectivity index (χ0n) is 16.4. The van der Waals surface area contributed by atoms with Gasteiger partial charge in [-0.05, 0) is 55.3 Å². The highest BCUT2D eigenvalue weighted by Gasteiger charge is 2.37. The summed E-state index contributed by atoms with van der Waals surface area (Å²) in [7, 11) is 0. The lowest BCUT2D eigenvalue weighted by molar-refractivity contribution is 0.247. The number of rotatable bonds is 3. The van der Waals surface area contributed by atoms with Crippen LogP contribution < -0.4 is 10.2 Å². The van der Waals surface area contributed by atoms with Crippen LogP contribution in [0.2, 0.25) is 0 Å². The number of fused-ring (bicyclic) bond motifs is 1. The van der Waals surface area contributed by atoms with Crippen LogP contribution in [0.25, 0.3) is 22.3 Å². The van der Waals surface area contributed by atoms with Crippen molar-refractivity contribution in [2.24, 2.45) is 5.41 Å². The van der Waals surface area contributed by atoms with Crippen molar-refractivity contribution in [3.8, 4) is 11.4 Å². The van der Waals surface area contributed by atoms with Crippen LogP contribution in [0.4, 0.5) is 5.82 Å². The van der Waals surface area contributed by atoms with Gasteiger partial charge in [-0.3, -0.25) is 9.97 Å². The SMILES string of the molecule is CCc1cncc2nc(-c3ccncc3)nc(N3CCC4(CCNC4)CC3)c12. The first-order valence-corrected chi connectivity index (χ1v) is 10.3. The van der Waals surface area contributed by atoms with Crippen LogP contribution in [-0.4, -0.2) is 46.1 Å². The average molecular weight is 374 g/mol. The van der Waals surface area contributed by atoms with E-state index in [4.69, 9.17) is 9.97 Å². The van der Waals surface area contributed by atoms with Crippen LogP contribution in [0.15, 0.2) is 36.9 Å². The highest BCUT2D eigenvalue weighted by atomic mass is 15.2. The smallest absolute Gasteiger partial charge is 0.162 e. The predicted octanol–water partition coefficient (Wildman–Crippen LogP) is 3.23. The molecule has 3 aromatic heterocycles.